The van der Waals surface area contributed by atoms with Gasteiger partial charge < -0.3 is 10.1 Å². The number of hydrogen-bond acceptors (Lipinski definition) is 3. The maximum absolute atomic E-state index is 12.3. The molecular formula is C13H13BrClN3O2. The lowest BCUT2D eigenvalue weighted by atomic mass is 10.2. The van der Waals surface area contributed by atoms with E-state index >= 15 is 0 Å². The van der Waals surface area contributed by atoms with Crippen molar-refractivity contribution in [3.05, 3.63) is 38.6 Å². The molecule has 0 aliphatic heterocycles. The van der Waals surface area contributed by atoms with E-state index in [-0.39, 0.29) is 5.91 Å². The topological polar surface area (TPSA) is 67.0 Å². The van der Waals surface area contributed by atoms with E-state index < -0.39 is 0 Å². The number of nitrogens with one attached hydrogen (secondary N) is 2. The first-order chi connectivity index (χ1) is 9.43. The maximum atomic E-state index is 12.3. The third-order valence-electron chi connectivity index (χ3n) is 2.82. The van der Waals surface area contributed by atoms with Crippen LogP contribution in [0.2, 0.25) is 5.02 Å². The quantitative estimate of drug-likeness (QED) is 0.879. The third kappa shape index (κ3) is 2.81. The number of ether oxygens (including phenoxy) is 1. The molecule has 7 heteroatoms. The van der Waals surface area contributed by atoms with Crippen molar-refractivity contribution in [3.8, 4) is 5.75 Å². The number of benzene rings is 1. The number of nitrogens with zero attached hydrogens (tertiary/aromatic N) is 1. The van der Waals surface area contributed by atoms with E-state index in [1.807, 2.05) is 0 Å². The number of amides is 1. The molecule has 2 aromatic rings. The molecule has 0 bridgehead atoms. The minimum absolute atomic E-state index is 0.263. The summed E-state index contributed by atoms with van der Waals surface area (Å²) in [5, 5.41) is 10.1. The fraction of sp³-hybridized carbons (Fsp3) is 0.231. The number of aromatic amines is 1. The number of aryl methyl sites for hydroxylation is 2. The van der Waals surface area contributed by atoms with Gasteiger partial charge in [0.15, 0.2) is 5.75 Å². The molecule has 1 aromatic carbocycles. The summed E-state index contributed by atoms with van der Waals surface area (Å²) in [6, 6.07) is 3.33. The van der Waals surface area contributed by atoms with Gasteiger partial charge in [-0.1, -0.05) is 11.6 Å². The summed E-state index contributed by atoms with van der Waals surface area (Å²) in [6.45, 7) is 3.56. The number of H-pyrrole nitrogens is 1. The Morgan fingerprint density at radius 1 is 1.45 bits per heavy atom. The van der Waals surface area contributed by atoms with Crippen molar-refractivity contribution < 1.29 is 9.53 Å². The number of rotatable bonds is 3. The van der Waals surface area contributed by atoms with E-state index in [9.17, 15) is 4.79 Å². The predicted molar refractivity (Wildman–Crippen MR) is 81.7 cm³/mol. The van der Waals surface area contributed by atoms with Crippen LogP contribution in [0.5, 0.6) is 5.75 Å². The van der Waals surface area contributed by atoms with Gasteiger partial charge in [-0.3, -0.25) is 9.89 Å². The molecule has 1 heterocycles. The van der Waals surface area contributed by atoms with Gasteiger partial charge in [-0.05, 0) is 41.9 Å². The van der Waals surface area contributed by atoms with Crippen LogP contribution in [0.15, 0.2) is 16.6 Å². The van der Waals surface area contributed by atoms with Crippen LogP contribution in [-0.2, 0) is 0 Å². The summed E-state index contributed by atoms with van der Waals surface area (Å²) in [7, 11) is 1.53. The minimum atomic E-state index is -0.263. The molecule has 0 unspecified atom stereocenters. The van der Waals surface area contributed by atoms with Crippen molar-refractivity contribution in [2.45, 2.75) is 13.8 Å². The average molecular weight is 359 g/mol. The van der Waals surface area contributed by atoms with Crippen LogP contribution in [0, 0.1) is 13.8 Å². The van der Waals surface area contributed by atoms with Crippen molar-refractivity contribution in [1.82, 2.24) is 10.2 Å². The molecule has 0 atom stereocenters. The molecule has 0 spiro atoms. The van der Waals surface area contributed by atoms with Crippen LogP contribution in [0.4, 0.5) is 5.69 Å². The van der Waals surface area contributed by atoms with Gasteiger partial charge in [0.05, 0.1) is 28.5 Å². The Morgan fingerprint density at radius 3 is 2.70 bits per heavy atom. The zero-order chi connectivity index (χ0) is 14.9. The van der Waals surface area contributed by atoms with E-state index in [0.29, 0.717) is 37.9 Å². The molecule has 5 nitrogen and oxygen atoms in total. The Bertz CT molecular complexity index is 650. The Hall–Kier alpha value is -1.53. The van der Waals surface area contributed by atoms with Gasteiger partial charge in [-0.15, -0.1) is 0 Å². The van der Waals surface area contributed by atoms with Gasteiger partial charge in [0.1, 0.15) is 0 Å². The van der Waals surface area contributed by atoms with Crippen LogP contribution in [-0.4, -0.2) is 23.2 Å². The average Bonchev–Trinajstić information content (AvgIpc) is 2.68. The van der Waals surface area contributed by atoms with Crippen molar-refractivity contribution in [3.63, 3.8) is 0 Å². The second-order valence-electron chi connectivity index (χ2n) is 4.23. The molecule has 2 rings (SSSR count). The van der Waals surface area contributed by atoms with E-state index in [4.69, 9.17) is 16.3 Å². The van der Waals surface area contributed by atoms with Crippen LogP contribution in [0.3, 0.4) is 0 Å². The van der Waals surface area contributed by atoms with Gasteiger partial charge in [-0.2, -0.15) is 5.10 Å². The number of carbonyl (C=O) groups is 1. The highest BCUT2D eigenvalue weighted by atomic mass is 79.9. The van der Waals surface area contributed by atoms with Gasteiger partial charge in [0.2, 0.25) is 0 Å². The molecule has 0 aliphatic carbocycles. The predicted octanol–water partition coefficient (Wildman–Crippen LogP) is 3.70. The molecule has 106 valence electrons. The lowest BCUT2D eigenvalue weighted by molar-refractivity contribution is 0.102. The Kier molecular flexibility index (Phi) is 4.35. The number of carbonyl (C=O) groups excluding carboxylic acids is 1. The molecule has 0 fully saturated rings. The third-order valence-corrected chi connectivity index (χ3v) is 3.62. The minimum Gasteiger partial charge on any atom is -0.493 e. The summed E-state index contributed by atoms with van der Waals surface area (Å²) < 4.78 is 5.94. The number of hydrogen-bond donors (Lipinski definition) is 2. The normalized spacial score (nSPS) is 10.4. The van der Waals surface area contributed by atoms with Crippen molar-refractivity contribution in [2.24, 2.45) is 0 Å². The second kappa shape index (κ2) is 5.85. The number of anilines is 1. The molecule has 1 aromatic heterocycles. The molecule has 0 radical (unpaired) electrons. The lowest BCUT2D eigenvalue weighted by Crippen LogP contribution is -2.14. The van der Waals surface area contributed by atoms with Crippen LogP contribution >= 0.6 is 27.5 Å². The number of aromatic nitrogens is 2. The van der Waals surface area contributed by atoms with Gasteiger partial charge in [0, 0.05) is 10.7 Å². The molecular weight excluding hydrogens is 346 g/mol. The van der Waals surface area contributed by atoms with Gasteiger partial charge in [-0.25, -0.2) is 0 Å². The van der Waals surface area contributed by atoms with Crippen LogP contribution in [0.25, 0.3) is 0 Å². The number of halogens is 2. The summed E-state index contributed by atoms with van der Waals surface area (Å²) in [4.78, 5) is 12.3. The zero-order valence-corrected chi connectivity index (χ0v) is 13.5. The van der Waals surface area contributed by atoms with Gasteiger partial charge >= 0.3 is 0 Å². The Balaban J connectivity index is 2.38. The zero-order valence-electron chi connectivity index (χ0n) is 11.2. The van der Waals surface area contributed by atoms with E-state index in [1.165, 1.54) is 7.11 Å². The van der Waals surface area contributed by atoms with E-state index in [0.717, 1.165) is 0 Å². The molecule has 0 saturated carbocycles. The maximum Gasteiger partial charge on any atom is 0.259 e. The lowest BCUT2D eigenvalue weighted by Gasteiger charge is -2.12. The first kappa shape index (κ1) is 14.9. The van der Waals surface area contributed by atoms with Crippen molar-refractivity contribution >= 4 is 39.1 Å². The van der Waals surface area contributed by atoms with E-state index in [1.54, 1.807) is 26.0 Å². The molecule has 1 amide bonds. The largest absolute Gasteiger partial charge is 0.493 e. The fourth-order valence-corrected chi connectivity index (χ4v) is 2.90. The Labute approximate surface area is 129 Å². The summed E-state index contributed by atoms with van der Waals surface area (Å²) in [6.07, 6.45) is 0. The summed E-state index contributed by atoms with van der Waals surface area (Å²) >= 11 is 9.34. The molecule has 20 heavy (non-hydrogen) atoms. The molecule has 2 N–H and O–H groups in total. The molecule has 0 aliphatic rings. The van der Waals surface area contributed by atoms with Crippen LogP contribution < -0.4 is 10.1 Å². The Morgan fingerprint density at radius 2 is 2.15 bits per heavy atom. The fourth-order valence-electron chi connectivity index (χ4n) is 1.93. The van der Waals surface area contributed by atoms with Crippen LogP contribution in [0.1, 0.15) is 21.7 Å². The SMILES string of the molecule is COc1c(Br)cc(Cl)cc1NC(=O)c1c(C)n[nH]c1C. The highest BCUT2D eigenvalue weighted by Crippen LogP contribution is 2.36. The van der Waals surface area contributed by atoms with Crippen molar-refractivity contribution in [1.29, 1.82) is 0 Å². The molecule has 0 saturated heterocycles. The smallest absolute Gasteiger partial charge is 0.259 e. The van der Waals surface area contributed by atoms with E-state index in [2.05, 4.69) is 31.4 Å². The number of methoxy groups -OCH3 is 1. The first-order valence-corrected chi connectivity index (χ1v) is 6.97. The van der Waals surface area contributed by atoms with Gasteiger partial charge in [0.25, 0.3) is 5.91 Å². The first-order valence-electron chi connectivity index (χ1n) is 5.80. The standard InChI is InChI=1S/C13H13BrClN3O2/c1-6-11(7(2)18-17-6)13(19)16-10-5-8(15)4-9(14)12(10)20-3/h4-5H,1-3H3,(H,16,19)(H,17,18). The second-order valence-corrected chi connectivity index (χ2v) is 5.52. The summed E-state index contributed by atoms with van der Waals surface area (Å²) in [5.41, 5.74) is 2.36. The summed E-state index contributed by atoms with van der Waals surface area (Å²) in [5.74, 6) is 0.253. The van der Waals surface area contributed by atoms with Crippen molar-refractivity contribution in [2.75, 3.05) is 12.4 Å². The highest BCUT2D eigenvalue weighted by Gasteiger charge is 2.18. The monoisotopic (exact) mass is 357 g/mol. The highest BCUT2D eigenvalue weighted by molar-refractivity contribution is 9.10.